The van der Waals surface area contributed by atoms with Gasteiger partial charge in [0.25, 0.3) is 16.0 Å². The van der Waals surface area contributed by atoms with Gasteiger partial charge in [-0.2, -0.15) is 8.42 Å². The fraction of sp³-hybridized carbons (Fsp3) is 0.556. The van der Waals surface area contributed by atoms with E-state index in [0.717, 1.165) is 24.8 Å². The predicted molar refractivity (Wildman–Crippen MR) is 98.8 cm³/mol. The van der Waals surface area contributed by atoms with Crippen LogP contribution in [0.3, 0.4) is 0 Å². The molecule has 0 aliphatic rings. The van der Waals surface area contributed by atoms with Gasteiger partial charge in [0.2, 0.25) is 0 Å². The molecule has 0 unspecified atom stereocenters. The fourth-order valence-corrected chi connectivity index (χ4v) is 3.32. The second-order valence-electron chi connectivity index (χ2n) is 6.29. The zero-order valence-electron chi connectivity index (χ0n) is 15.0. The Labute approximate surface area is 154 Å². The molecule has 0 fully saturated rings. The SMILES string of the molecule is CCCCCCCCc1ccccc1C(=O)N[C@@H](CS(=O)(=O)O)C(=O)O. The number of aryl methyl sites for hydroxylation is 1. The summed E-state index contributed by atoms with van der Waals surface area (Å²) in [5.74, 6) is -3.26. The first-order chi connectivity index (χ1) is 12.2. The third-order valence-corrected chi connectivity index (χ3v) is 4.80. The molecule has 3 N–H and O–H groups in total. The number of nitrogens with one attached hydrogen (secondary N) is 1. The van der Waals surface area contributed by atoms with Gasteiger partial charge in [-0.15, -0.1) is 0 Å². The molecule has 1 aromatic rings. The van der Waals surface area contributed by atoms with Crippen molar-refractivity contribution in [1.82, 2.24) is 5.32 Å². The molecular formula is C18H27NO6S. The Morgan fingerprint density at radius 3 is 2.31 bits per heavy atom. The lowest BCUT2D eigenvalue weighted by Crippen LogP contribution is -2.45. The molecule has 7 nitrogen and oxygen atoms in total. The van der Waals surface area contributed by atoms with E-state index in [-0.39, 0.29) is 0 Å². The average Bonchev–Trinajstić information content (AvgIpc) is 2.56. The van der Waals surface area contributed by atoms with Gasteiger partial charge in [-0.1, -0.05) is 57.2 Å². The number of carbonyl (C=O) groups excluding carboxylic acids is 1. The number of amides is 1. The molecule has 0 aliphatic heterocycles. The first-order valence-electron chi connectivity index (χ1n) is 8.81. The van der Waals surface area contributed by atoms with Crippen molar-refractivity contribution in [3.63, 3.8) is 0 Å². The maximum absolute atomic E-state index is 12.4. The van der Waals surface area contributed by atoms with Crippen molar-refractivity contribution in [2.24, 2.45) is 0 Å². The van der Waals surface area contributed by atoms with Gasteiger partial charge in [-0.3, -0.25) is 9.35 Å². The van der Waals surface area contributed by atoms with E-state index in [1.807, 2.05) is 0 Å². The molecule has 26 heavy (non-hydrogen) atoms. The Morgan fingerprint density at radius 1 is 1.08 bits per heavy atom. The van der Waals surface area contributed by atoms with Crippen LogP contribution in [0.4, 0.5) is 0 Å². The molecule has 1 atom stereocenters. The normalized spacial score (nSPS) is 12.5. The van der Waals surface area contributed by atoms with Gasteiger partial charge in [-0.05, 0) is 24.5 Å². The third-order valence-electron chi connectivity index (χ3n) is 4.04. The van der Waals surface area contributed by atoms with E-state index in [4.69, 9.17) is 9.66 Å². The maximum Gasteiger partial charge on any atom is 0.327 e. The van der Waals surface area contributed by atoms with Crippen LogP contribution in [-0.4, -0.2) is 41.7 Å². The Hall–Kier alpha value is -1.93. The van der Waals surface area contributed by atoms with Crippen LogP contribution < -0.4 is 5.32 Å². The second-order valence-corrected chi connectivity index (χ2v) is 7.78. The standard InChI is InChI=1S/C18H27NO6S/c1-2-3-4-5-6-7-10-14-11-8-9-12-15(14)17(20)19-16(18(21)22)13-26(23,24)25/h8-9,11-12,16H,2-7,10,13H2,1H3,(H,19,20)(H,21,22)(H,23,24,25)/t16-/m0/s1. The molecule has 1 amide bonds. The Bertz CT molecular complexity index is 701. The summed E-state index contributed by atoms with van der Waals surface area (Å²) in [6.45, 7) is 2.15. The van der Waals surface area contributed by atoms with E-state index in [0.29, 0.717) is 12.0 Å². The molecule has 8 heteroatoms. The van der Waals surface area contributed by atoms with E-state index >= 15 is 0 Å². The number of benzene rings is 1. The number of carboxylic acid groups (broad SMARTS) is 1. The lowest BCUT2D eigenvalue weighted by Gasteiger charge is -2.15. The number of hydrogen-bond donors (Lipinski definition) is 3. The third kappa shape index (κ3) is 8.44. The lowest BCUT2D eigenvalue weighted by atomic mass is 9.99. The summed E-state index contributed by atoms with van der Waals surface area (Å²) < 4.78 is 30.7. The summed E-state index contributed by atoms with van der Waals surface area (Å²) in [5.41, 5.74) is 1.11. The van der Waals surface area contributed by atoms with Crippen LogP contribution in [0.25, 0.3) is 0 Å². The molecule has 1 aromatic carbocycles. The molecule has 0 heterocycles. The van der Waals surface area contributed by atoms with Crippen LogP contribution in [0.1, 0.15) is 61.4 Å². The highest BCUT2D eigenvalue weighted by atomic mass is 32.2. The number of unbranched alkanes of at least 4 members (excludes halogenated alkanes) is 5. The molecule has 0 spiro atoms. The summed E-state index contributed by atoms with van der Waals surface area (Å²) in [6, 6.07) is 5.14. The van der Waals surface area contributed by atoms with Crippen molar-refractivity contribution in [1.29, 1.82) is 0 Å². The van der Waals surface area contributed by atoms with Crippen molar-refractivity contribution in [3.8, 4) is 0 Å². The minimum atomic E-state index is -4.53. The molecule has 0 radical (unpaired) electrons. The monoisotopic (exact) mass is 385 g/mol. The molecule has 0 saturated heterocycles. The predicted octanol–water partition coefficient (Wildman–Crippen LogP) is 2.66. The molecule has 0 bridgehead atoms. The summed E-state index contributed by atoms with van der Waals surface area (Å²) >= 11 is 0. The smallest absolute Gasteiger partial charge is 0.327 e. The van der Waals surface area contributed by atoms with Crippen molar-refractivity contribution < 1.29 is 27.7 Å². The fourth-order valence-electron chi connectivity index (χ4n) is 2.68. The quantitative estimate of drug-likeness (QED) is 0.376. The van der Waals surface area contributed by atoms with Gasteiger partial charge >= 0.3 is 5.97 Å². The van der Waals surface area contributed by atoms with E-state index in [1.165, 1.54) is 19.3 Å². The van der Waals surface area contributed by atoms with Crippen molar-refractivity contribution in [3.05, 3.63) is 35.4 Å². The number of aliphatic carboxylic acids is 1. The van der Waals surface area contributed by atoms with E-state index < -0.39 is 33.8 Å². The molecule has 1 rings (SSSR count). The molecule has 0 aromatic heterocycles. The zero-order chi connectivity index (χ0) is 19.6. The molecule has 146 valence electrons. The Kier molecular flexibility index (Phi) is 9.29. The van der Waals surface area contributed by atoms with Crippen LogP contribution in [0.2, 0.25) is 0 Å². The van der Waals surface area contributed by atoms with Gasteiger partial charge in [0.15, 0.2) is 0 Å². The summed E-state index contributed by atoms with van der Waals surface area (Å²) in [6.07, 6.45) is 7.37. The summed E-state index contributed by atoms with van der Waals surface area (Å²) in [4.78, 5) is 23.5. The molecular weight excluding hydrogens is 358 g/mol. The number of carboxylic acids is 1. The van der Waals surface area contributed by atoms with Crippen molar-refractivity contribution in [2.75, 3.05) is 5.75 Å². The number of rotatable bonds is 12. The van der Waals surface area contributed by atoms with E-state index in [2.05, 4.69) is 12.2 Å². The highest BCUT2D eigenvalue weighted by molar-refractivity contribution is 7.85. The van der Waals surface area contributed by atoms with Gasteiger partial charge in [0.1, 0.15) is 11.8 Å². The van der Waals surface area contributed by atoms with Crippen molar-refractivity contribution in [2.45, 2.75) is 57.9 Å². The van der Waals surface area contributed by atoms with Crippen LogP contribution in [0.5, 0.6) is 0 Å². The van der Waals surface area contributed by atoms with Gasteiger partial charge < -0.3 is 10.4 Å². The van der Waals surface area contributed by atoms with Crippen LogP contribution in [0, 0.1) is 0 Å². The van der Waals surface area contributed by atoms with Crippen molar-refractivity contribution >= 4 is 22.0 Å². The van der Waals surface area contributed by atoms with Crippen LogP contribution in [0.15, 0.2) is 24.3 Å². The minimum absolute atomic E-state index is 0.322. The Balaban J connectivity index is 2.72. The second kappa shape index (κ2) is 10.9. The highest BCUT2D eigenvalue weighted by Gasteiger charge is 2.26. The van der Waals surface area contributed by atoms with E-state index in [9.17, 15) is 18.0 Å². The minimum Gasteiger partial charge on any atom is -0.480 e. The largest absolute Gasteiger partial charge is 0.480 e. The van der Waals surface area contributed by atoms with Gasteiger partial charge in [0.05, 0.1) is 0 Å². The van der Waals surface area contributed by atoms with Gasteiger partial charge in [0, 0.05) is 5.56 Å². The first-order valence-corrected chi connectivity index (χ1v) is 10.4. The summed E-state index contributed by atoms with van der Waals surface area (Å²) in [5, 5.41) is 11.2. The molecule has 0 saturated carbocycles. The molecule has 0 aliphatic carbocycles. The number of carbonyl (C=O) groups is 2. The van der Waals surface area contributed by atoms with E-state index in [1.54, 1.807) is 24.3 Å². The van der Waals surface area contributed by atoms with Crippen LogP contribution >= 0.6 is 0 Å². The summed E-state index contributed by atoms with van der Waals surface area (Å²) in [7, 11) is -4.53. The highest BCUT2D eigenvalue weighted by Crippen LogP contribution is 2.14. The Morgan fingerprint density at radius 2 is 1.69 bits per heavy atom. The first kappa shape index (κ1) is 22.1. The van der Waals surface area contributed by atoms with Crippen LogP contribution in [-0.2, 0) is 21.3 Å². The van der Waals surface area contributed by atoms with Gasteiger partial charge in [-0.25, -0.2) is 4.79 Å². The zero-order valence-corrected chi connectivity index (χ0v) is 15.8. The number of hydrogen-bond acceptors (Lipinski definition) is 4. The average molecular weight is 385 g/mol. The topological polar surface area (TPSA) is 121 Å². The lowest BCUT2D eigenvalue weighted by molar-refractivity contribution is -0.138. The maximum atomic E-state index is 12.4.